The van der Waals surface area contributed by atoms with Crippen molar-refractivity contribution in [1.29, 1.82) is 0 Å². The van der Waals surface area contributed by atoms with Crippen molar-refractivity contribution in [3.8, 4) is 21.9 Å². The summed E-state index contributed by atoms with van der Waals surface area (Å²) in [5.74, 6) is 0.792. The average molecular weight is 544 g/mol. The van der Waals surface area contributed by atoms with E-state index in [1.54, 1.807) is 18.3 Å². The third kappa shape index (κ3) is 4.27. The van der Waals surface area contributed by atoms with Crippen molar-refractivity contribution in [1.82, 2.24) is 24.6 Å². The molecule has 0 radical (unpaired) electrons. The minimum absolute atomic E-state index is 0.0409. The van der Waals surface area contributed by atoms with Gasteiger partial charge in [-0.25, -0.2) is 4.98 Å². The maximum atomic E-state index is 13.4. The molecule has 1 aromatic carbocycles. The number of carbonyl (C=O) groups is 1. The summed E-state index contributed by atoms with van der Waals surface area (Å²) < 4.78 is 10.5. The normalized spacial score (nSPS) is 14.7. The standard InChI is InChI=1S/C23H22BrN5O2S2/c1-12-18(20(31-27-12)21-13(2)26-28-33-21)23(30)29-10-8-16(9-11-29)22-25-19(14(3)32-22)15-4-6-17(24)7-5-15/h4-7,16H,8-11H2,1-3H3. The monoisotopic (exact) mass is 543 g/mol. The second-order valence-corrected chi connectivity index (χ2v) is 11.1. The van der Waals surface area contributed by atoms with Crippen LogP contribution in [-0.2, 0) is 0 Å². The van der Waals surface area contributed by atoms with Crippen LogP contribution < -0.4 is 0 Å². The van der Waals surface area contributed by atoms with Gasteiger partial charge in [0.25, 0.3) is 5.91 Å². The summed E-state index contributed by atoms with van der Waals surface area (Å²) in [5, 5.41) is 9.26. The van der Waals surface area contributed by atoms with E-state index in [9.17, 15) is 4.79 Å². The Morgan fingerprint density at radius 2 is 1.85 bits per heavy atom. The fourth-order valence-corrected chi connectivity index (χ4v) is 6.19. The number of aromatic nitrogens is 4. The van der Waals surface area contributed by atoms with Crippen molar-refractivity contribution in [2.24, 2.45) is 0 Å². The Bertz CT molecular complexity index is 1300. The molecule has 3 aromatic heterocycles. The zero-order chi connectivity index (χ0) is 23.1. The third-order valence-corrected chi connectivity index (χ3v) is 8.49. The number of thiazole rings is 1. The lowest BCUT2D eigenvalue weighted by atomic mass is 9.96. The van der Waals surface area contributed by atoms with Gasteiger partial charge in [0, 0.05) is 33.9 Å². The predicted octanol–water partition coefficient (Wildman–Crippen LogP) is 6.02. The minimum Gasteiger partial charge on any atom is -0.354 e. The largest absolute Gasteiger partial charge is 0.354 e. The number of hydrogen-bond acceptors (Lipinski definition) is 8. The van der Waals surface area contributed by atoms with Crippen LogP contribution in [0.5, 0.6) is 0 Å². The Kier molecular flexibility index (Phi) is 6.15. The molecular weight excluding hydrogens is 522 g/mol. The maximum Gasteiger partial charge on any atom is 0.259 e. The number of rotatable bonds is 4. The highest BCUT2D eigenvalue weighted by Crippen LogP contribution is 2.37. The van der Waals surface area contributed by atoms with Gasteiger partial charge in [0.2, 0.25) is 0 Å². The van der Waals surface area contributed by atoms with Crippen molar-refractivity contribution >= 4 is 44.7 Å². The lowest BCUT2D eigenvalue weighted by Gasteiger charge is -2.31. The first-order valence-electron chi connectivity index (χ1n) is 10.7. The molecule has 0 N–H and O–H groups in total. The number of carbonyl (C=O) groups excluding carboxylic acids is 1. The zero-order valence-corrected chi connectivity index (χ0v) is 21.7. The van der Waals surface area contributed by atoms with Crippen molar-refractivity contribution in [3.05, 3.63) is 55.6 Å². The van der Waals surface area contributed by atoms with Crippen molar-refractivity contribution in [2.45, 2.75) is 39.5 Å². The van der Waals surface area contributed by atoms with Crippen molar-refractivity contribution < 1.29 is 9.32 Å². The first-order valence-corrected chi connectivity index (χ1v) is 13.1. The van der Waals surface area contributed by atoms with Crippen LogP contribution in [-0.4, -0.2) is 43.6 Å². The minimum atomic E-state index is -0.0409. The van der Waals surface area contributed by atoms with E-state index >= 15 is 0 Å². The SMILES string of the molecule is Cc1nnsc1-c1onc(C)c1C(=O)N1CCC(c2nc(-c3ccc(Br)cc3)c(C)s2)CC1. The molecule has 1 fully saturated rings. The van der Waals surface area contributed by atoms with Crippen LogP contribution in [0.1, 0.15) is 50.4 Å². The van der Waals surface area contributed by atoms with Gasteiger partial charge in [-0.1, -0.05) is 37.7 Å². The summed E-state index contributed by atoms with van der Waals surface area (Å²) in [7, 11) is 0. The van der Waals surface area contributed by atoms with Crippen LogP contribution in [0.4, 0.5) is 0 Å². The number of likely N-dealkylation sites (tertiary alicyclic amines) is 1. The predicted molar refractivity (Wildman–Crippen MR) is 133 cm³/mol. The van der Waals surface area contributed by atoms with Crippen LogP contribution >= 0.6 is 38.8 Å². The van der Waals surface area contributed by atoms with Gasteiger partial charge in [0.1, 0.15) is 10.4 Å². The molecule has 4 aromatic rings. The van der Waals surface area contributed by atoms with Crippen molar-refractivity contribution in [3.63, 3.8) is 0 Å². The molecule has 1 amide bonds. The zero-order valence-electron chi connectivity index (χ0n) is 18.5. The van der Waals surface area contributed by atoms with Crippen LogP contribution in [0.2, 0.25) is 0 Å². The molecule has 1 aliphatic heterocycles. The quantitative estimate of drug-likeness (QED) is 0.312. The molecule has 0 spiro atoms. The first kappa shape index (κ1) is 22.4. The van der Waals surface area contributed by atoms with E-state index in [4.69, 9.17) is 9.51 Å². The summed E-state index contributed by atoms with van der Waals surface area (Å²) in [4.78, 5) is 22.3. The fraction of sp³-hybridized carbons (Fsp3) is 0.348. The van der Waals surface area contributed by atoms with Gasteiger partial charge in [-0.15, -0.1) is 16.4 Å². The van der Waals surface area contributed by atoms with Gasteiger partial charge in [-0.3, -0.25) is 4.79 Å². The number of nitrogens with zero attached hydrogens (tertiary/aromatic N) is 5. The number of benzene rings is 1. The Balaban J connectivity index is 1.31. The van der Waals surface area contributed by atoms with E-state index in [1.165, 1.54) is 16.4 Å². The Hall–Kier alpha value is -2.43. The van der Waals surface area contributed by atoms with Gasteiger partial charge in [-0.05, 0) is 57.3 Å². The van der Waals surface area contributed by atoms with E-state index in [0.29, 0.717) is 36.0 Å². The molecule has 0 aliphatic carbocycles. The molecule has 7 nitrogen and oxygen atoms in total. The summed E-state index contributed by atoms with van der Waals surface area (Å²) in [6, 6.07) is 8.28. The van der Waals surface area contributed by atoms with Gasteiger partial charge in [-0.2, -0.15) is 0 Å². The van der Waals surface area contributed by atoms with Gasteiger partial charge in [0.15, 0.2) is 5.76 Å². The maximum absolute atomic E-state index is 13.4. The summed E-state index contributed by atoms with van der Waals surface area (Å²) >= 11 is 6.48. The van der Waals surface area contributed by atoms with Crippen LogP contribution in [0.3, 0.4) is 0 Å². The van der Waals surface area contributed by atoms with E-state index in [2.05, 4.69) is 49.7 Å². The molecule has 33 heavy (non-hydrogen) atoms. The average Bonchev–Trinajstić information content (AvgIpc) is 3.52. The molecule has 0 unspecified atom stereocenters. The Labute approximate surface area is 208 Å². The topological polar surface area (TPSA) is 85.0 Å². The molecular formula is C23H22BrN5O2S2. The molecule has 10 heteroatoms. The first-order chi connectivity index (χ1) is 15.9. The van der Waals surface area contributed by atoms with Crippen molar-refractivity contribution in [2.75, 3.05) is 13.1 Å². The second kappa shape index (κ2) is 9.08. The number of halogens is 1. The lowest BCUT2D eigenvalue weighted by molar-refractivity contribution is 0.0712. The highest BCUT2D eigenvalue weighted by molar-refractivity contribution is 9.10. The van der Waals surface area contributed by atoms with Crippen LogP contribution in [0, 0.1) is 20.8 Å². The highest BCUT2D eigenvalue weighted by atomic mass is 79.9. The second-order valence-electron chi connectivity index (χ2n) is 8.19. The molecule has 1 saturated heterocycles. The smallest absolute Gasteiger partial charge is 0.259 e. The van der Waals surface area contributed by atoms with Crippen LogP contribution in [0.25, 0.3) is 21.9 Å². The number of aryl methyl sites for hydroxylation is 3. The molecule has 4 heterocycles. The molecule has 0 atom stereocenters. The summed E-state index contributed by atoms with van der Waals surface area (Å²) in [6.07, 6.45) is 1.78. The number of piperidine rings is 1. The van der Waals surface area contributed by atoms with Crippen LogP contribution in [0.15, 0.2) is 33.3 Å². The molecule has 170 valence electrons. The van der Waals surface area contributed by atoms with Gasteiger partial charge in [0.05, 0.1) is 22.1 Å². The summed E-state index contributed by atoms with van der Waals surface area (Å²) in [5.41, 5.74) is 4.04. The number of hydrogen-bond donors (Lipinski definition) is 0. The third-order valence-electron chi connectivity index (χ3n) is 6.00. The Morgan fingerprint density at radius 1 is 1.12 bits per heavy atom. The van der Waals surface area contributed by atoms with E-state index in [0.717, 1.165) is 44.2 Å². The van der Waals surface area contributed by atoms with E-state index in [-0.39, 0.29) is 5.91 Å². The molecule has 0 bridgehead atoms. The summed E-state index contributed by atoms with van der Waals surface area (Å²) in [6.45, 7) is 7.15. The van der Waals surface area contributed by atoms with E-state index < -0.39 is 0 Å². The Morgan fingerprint density at radius 3 is 2.52 bits per heavy atom. The lowest BCUT2D eigenvalue weighted by Crippen LogP contribution is -2.38. The van der Waals surface area contributed by atoms with Gasteiger partial charge < -0.3 is 9.42 Å². The highest BCUT2D eigenvalue weighted by Gasteiger charge is 2.32. The fourth-order valence-electron chi connectivity index (χ4n) is 4.17. The molecule has 1 aliphatic rings. The number of amides is 1. The van der Waals surface area contributed by atoms with E-state index in [1.807, 2.05) is 24.0 Å². The molecule has 5 rings (SSSR count). The molecule has 0 saturated carbocycles. The van der Waals surface area contributed by atoms with Gasteiger partial charge >= 0.3 is 0 Å².